The molecular weight excluding hydrogens is 416 g/mol. The molecule has 168 valence electrons. The highest BCUT2D eigenvalue weighted by Gasteiger charge is 2.49. The maximum Gasteiger partial charge on any atom is 0.325 e. The third kappa shape index (κ3) is 4.48. The summed E-state index contributed by atoms with van der Waals surface area (Å²) < 4.78 is 10.2. The quantitative estimate of drug-likeness (QED) is 0.458. The number of carbonyl (C=O) groups is 4. The number of nitrogens with one attached hydrogen (secondary N) is 3. The Bertz CT molecular complexity index is 1050. The van der Waals surface area contributed by atoms with Crippen molar-refractivity contribution in [3.05, 3.63) is 59.2 Å². The van der Waals surface area contributed by atoms with Gasteiger partial charge >= 0.3 is 6.03 Å². The summed E-state index contributed by atoms with van der Waals surface area (Å²) in [6.07, 6.45) is 0. The summed E-state index contributed by atoms with van der Waals surface area (Å²) in [6.45, 7) is 2.93. The van der Waals surface area contributed by atoms with Gasteiger partial charge in [-0.2, -0.15) is 0 Å². The van der Waals surface area contributed by atoms with Crippen LogP contribution < -0.4 is 25.6 Å². The van der Waals surface area contributed by atoms with Crippen LogP contribution in [0.25, 0.3) is 0 Å². The van der Waals surface area contributed by atoms with Gasteiger partial charge in [-0.3, -0.25) is 30.1 Å². The SMILES string of the molecule is COc1cc(OC)cc(C(=O)NNC(=O)CN2C(=O)N[C@@](C)(c3ccc(C)cc3)C2=O)c1. The Morgan fingerprint density at radius 1 is 1.00 bits per heavy atom. The van der Waals surface area contributed by atoms with Gasteiger partial charge in [0.05, 0.1) is 14.2 Å². The van der Waals surface area contributed by atoms with E-state index < -0.39 is 35.8 Å². The second-order valence-electron chi connectivity index (χ2n) is 7.42. The molecule has 1 aliphatic heterocycles. The van der Waals surface area contributed by atoms with Crippen LogP contribution in [0, 0.1) is 6.92 Å². The number of hydrogen-bond donors (Lipinski definition) is 3. The Morgan fingerprint density at radius 3 is 2.16 bits per heavy atom. The molecule has 32 heavy (non-hydrogen) atoms. The maximum atomic E-state index is 12.9. The lowest BCUT2D eigenvalue weighted by molar-refractivity contribution is -0.135. The fourth-order valence-corrected chi connectivity index (χ4v) is 3.24. The topological polar surface area (TPSA) is 126 Å². The number of urea groups is 1. The molecular formula is C22H24N4O6. The van der Waals surface area contributed by atoms with E-state index >= 15 is 0 Å². The number of methoxy groups -OCH3 is 2. The minimum atomic E-state index is -1.29. The number of carbonyl (C=O) groups excluding carboxylic acids is 4. The van der Waals surface area contributed by atoms with Crippen LogP contribution in [-0.4, -0.2) is 49.4 Å². The van der Waals surface area contributed by atoms with Crippen LogP contribution in [0.4, 0.5) is 4.79 Å². The first-order chi connectivity index (χ1) is 15.2. The second kappa shape index (κ2) is 8.96. The summed E-state index contributed by atoms with van der Waals surface area (Å²) in [5.41, 5.74) is 4.96. The molecule has 3 N–H and O–H groups in total. The Labute approximate surface area is 184 Å². The lowest BCUT2D eigenvalue weighted by Crippen LogP contribution is -2.48. The number of hydrazine groups is 1. The molecule has 2 aromatic carbocycles. The van der Waals surface area contributed by atoms with Crippen molar-refractivity contribution in [2.75, 3.05) is 20.8 Å². The molecule has 0 spiro atoms. The molecule has 10 nitrogen and oxygen atoms in total. The van der Waals surface area contributed by atoms with E-state index in [1.54, 1.807) is 25.1 Å². The van der Waals surface area contributed by atoms with Crippen molar-refractivity contribution < 1.29 is 28.7 Å². The molecule has 0 saturated carbocycles. The highest BCUT2D eigenvalue weighted by Crippen LogP contribution is 2.28. The van der Waals surface area contributed by atoms with Gasteiger partial charge in [0, 0.05) is 11.6 Å². The molecule has 2 aromatic rings. The predicted molar refractivity (Wildman–Crippen MR) is 114 cm³/mol. The predicted octanol–water partition coefficient (Wildman–Crippen LogP) is 1.24. The first kappa shape index (κ1) is 22.6. The van der Waals surface area contributed by atoms with Gasteiger partial charge in [0.15, 0.2) is 0 Å². The molecule has 0 aliphatic carbocycles. The number of imide groups is 1. The third-order valence-electron chi connectivity index (χ3n) is 5.13. The molecule has 0 radical (unpaired) electrons. The summed E-state index contributed by atoms with van der Waals surface area (Å²) in [6, 6.07) is 11.0. The van der Waals surface area contributed by atoms with Gasteiger partial charge in [-0.1, -0.05) is 29.8 Å². The summed E-state index contributed by atoms with van der Waals surface area (Å²) in [7, 11) is 2.89. The molecule has 1 saturated heterocycles. The van der Waals surface area contributed by atoms with Gasteiger partial charge in [-0.15, -0.1) is 0 Å². The van der Waals surface area contributed by atoms with Crippen molar-refractivity contribution >= 4 is 23.8 Å². The van der Waals surface area contributed by atoms with Crippen molar-refractivity contribution in [1.82, 2.24) is 21.1 Å². The van der Waals surface area contributed by atoms with Crippen LogP contribution >= 0.6 is 0 Å². The van der Waals surface area contributed by atoms with Crippen molar-refractivity contribution in [2.24, 2.45) is 0 Å². The van der Waals surface area contributed by atoms with Crippen LogP contribution in [0.1, 0.15) is 28.4 Å². The van der Waals surface area contributed by atoms with E-state index in [0.717, 1.165) is 10.5 Å². The van der Waals surface area contributed by atoms with Crippen LogP contribution in [0.5, 0.6) is 11.5 Å². The largest absolute Gasteiger partial charge is 0.497 e. The first-order valence-corrected chi connectivity index (χ1v) is 9.71. The average Bonchev–Trinajstić information content (AvgIpc) is 3.01. The minimum absolute atomic E-state index is 0.184. The maximum absolute atomic E-state index is 12.9. The van der Waals surface area contributed by atoms with Gasteiger partial charge in [0.1, 0.15) is 23.6 Å². The standard InChI is InChI=1S/C22H24N4O6/c1-13-5-7-15(8-6-13)22(2)20(29)26(21(30)23-22)12-18(27)24-25-19(28)14-9-16(31-3)11-17(10-14)32-4/h5-11H,12H2,1-4H3,(H,23,30)(H,24,27)(H,25,28)/t22-/m0/s1. The third-order valence-corrected chi connectivity index (χ3v) is 5.13. The highest BCUT2D eigenvalue weighted by atomic mass is 16.5. The molecule has 0 unspecified atom stereocenters. The molecule has 5 amide bonds. The lowest BCUT2D eigenvalue weighted by atomic mass is 9.91. The van der Waals surface area contributed by atoms with E-state index in [9.17, 15) is 19.2 Å². The molecule has 1 heterocycles. The van der Waals surface area contributed by atoms with Crippen molar-refractivity contribution in [1.29, 1.82) is 0 Å². The first-order valence-electron chi connectivity index (χ1n) is 9.71. The molecule has 1 aliphatic rings. The van der Waals surface area contributed by atoms with Gasteiger partial charge in [-0.05, 0) is 31.5 Å². The number of nitrogens with zero attached hydrogens (tertiary/aromatic N) is 1. The van der Waals surface area contributed by atoms with Gasteiger partial charge in [-0.25, -0.2) is 4.79 Å². The van der Waals surface area contributed by atoms with E-state index in [0.29, 0.717) is 17.1 Å². The molecule has 0 bridgehead atoms. The van der Waals surface area contributed by atoms with Gasteiger partial charge in [0.25, 0.3) is 17.7 Å². The second-order valence-corrected chi connectivity index (χ2v) is 7.42. The molecule has 1 fully saturated rings. The van der Waals surface area contributed by atoms with Crippen LogP contribution in [0.2, 0.25) is 0 Å². The molecule has 0 aromatic heterocycles. The number of aryl methyl sites for hydroxylation is 1. The average molecular weight is 440 g/mol. The van der Waals surface area contributed by atoms with E-state index in [4.69, 9.17) is 9.47 Å². The van der Waals surface area contributed by atoms with Gasteiger partial charge < -0.3 is 14.8 Å². The zero-order valence-electron chi connectivity index (χ0n) is 18.1. The number of amides is 5. The van der Waals surface area contributed by atoms with E-state index in [1.807, 2.05) is 19.1 Å². The van der Waals surface area contributed by atoms with E-state index in [2.05, 4.69) is 16.2 Å². The fourth-order valence-electron chi connectivity index (χ4n) is 3.24. The Balaban J connectivity index is 1.64. The molecule has 1 atom stereocenters. The number of benzene rings is 2. The Kier molecular flexibility index (Phi) is 6.33. The summed E-state index contributed by atoms with van der Waals surface area (Å²) in [5.74, 6) is -1.14. The summed E-state index contributed by atoms with van der Waals surface area (Å²) >= 11 is 0. The van der Waals surface area contributed by atoms with Crippen LogP contribution in [-0.2, 0) is 15.1 Å². The normalized spacial score (nSPS) is 17.6. The van der Waals surface area contributed by atoms with Crippen molar-refractivity contribution in [3.63, 3.8) is 0 Å². The fraction of sp³-hybridized carbons (Fsp3) is 0.273. The smallest absolute Gasteiger partial charge is 0.325 e. The summed E-state index contributed by atoms with van der Waals surface area (Å²) in [5, 5.41) is 2.63. The Hall–Kier alpha value is -4.08. The van der Waals surface area contributed by atoms with E-state index in [1.165, 1.54) is 26.4 Å². The summed E-state index contributed by atoms with van der Waals surface area (Å²) in [4.78, 5) is 50.8. The van der Waals surface area contributed by atoms with E-state index in [-0.39, 0.29) is 5.56 Å². The van der Waals surface area contributed by atoms with Gasteiger partial charge in [0.2, 0.25) is 0 Å². The van der Waals surface area contributed by atoms with Crippen LogP contribution in [0.3, 0.4) is 0 Å². The monoisotopic (exact) mass is 440 g/mol. The number of ether oxygens (including phenoxy) is 2. The molecule has 3 rings (SSSR count). The number of rotatable bonds is 6. The van der Waals surface area contributed by atoms with Crippen molar-refractivity contribution in [2.45, 2.75) is 19.4 Å². The zero-order chi connectivity index (χ0) is 23.5. The van der Waals surface area contributed by atoms with Crippen LogP contribution in [0.15, 0.2) is 42.5 Å². The highest BCUT2D eigenvalue weighted by molar-refractivity contribution is 6.09. The Morgan fingerprint density at radius 2 is 1.59 bits per heavy atom. The minimum Gasteiger partial charge on any atom is -0.497 e. The lowest BCUT2D eigenvalue weighted by Gasteiger charge is -2.22. The number of hydrogen-bond acceptors (Lipinski definition) is 6. The van der Waals surface area contributed by atoms with Crippen molar-refractivity contribution in [3.8, 4) is 11.5 Å². The zero-order valence-corrected chi connectivity index (χ0v) is 18.1. The molecule has 10 heteroatoms.